The Morgan fingerprint density at radius 1 is 1.15 bits per heavy atom. The Hall–Kier alpha value is -1.89. The molecule has 0 unspecified atom stereocenters. The maximum absolute atomic E-state index is 12.7. The Morgan fingerprint density at radius 3 is 2.58 bits per heavy atom. The molecular weight excluding hydrogens is 395 g/mol. The van der Waals surface area contributed by atoms with Crippen LogP contribution in [0.2, 0.25) is 10.0 Å². The number of carboxylic acids is 1. The molecule has 8 heteroatoms. The van der Waals surface area contributed by atoms with Gasteiger partial charge in [0.2, 0.25) is 5.91 Å². The van der Waals surface area contributed by atoms with Crippen LogP contribution in [-0.2, 0) is 9.59 Å². The van der Waals surface area contributed by atoms with Crippen molar-refractivity contribution in [3.63, 3.8) is 0 Å². The van der Waals surface area contributed by atoms with Gasteiger partial charge in [-0.25, -0.2) is 4.98 Å². The first-order chi connectivity index (χ1) is 12.4. The van der Waals surface area contributed by atoms with Crippen molar-refractivity contribution in [2.24, 2.45) is 23.7 Å². The van der Waals surface area contributed by atoms with Gasteiger partial charge in [0.1, 0.15) is 0 Å². The number of nitrogens with zero attached hydrogens (tertiary/aromatic N) is 1. The van der Waals surface area contributed by atoms with E-state index in [-0.39, 0.29) is 17.7 Å². The maximum Gasteiger partial charge on any atom is 0.307 e. The SMILES string of the molecule is O=C(O)[C@H]1[C@H](C(=O)Nc2nc(-c3ccc(Cl)c(Cl)c3)cs2)[C@H]2C=C[C@H]1C2. The quantitative estimate of drug-likeness (QED) is 0.725. The van der Waals surface area contributed by atoms with Crippen molar-refractivity contribution in [2.45, 2.75) is 6.42 Å². The van der Waals surface area contributed by atoms with Crippen LogP contribution in [0.5, 0.6) is 0 Å². The van der Waals surface area contributed by atoms with E-state index >= 15 is 0 Å². The number of allylic oxidation sites excluding steroid dienone is 2. The Labute approximate surface area is 163 Å². The summed E-state index contributed by atoms with van der Waals surface area (Å²) in [6, 6.07) is 5.21. The Balaban J connectivity index is 1.52. The molecule has 26 heavy (non-hydrogen) atoms. The fourth-order valence-corrected chi connectivity index (χ4v) is 4.84. The number of nitrogens with one attached hydrogen (secondary N) is 1. The second kappa shape index (κ2) is 6.68. The minimum atomic E-state index is -0.919. The van der Waals surface area contributed by atoms with E-state index in [2.05, 4.69) is 10.3 Å². The number of rotatable bonds is 4. The minimum Gasteiger partial charge on any atom is -0.481 e. The lowest BCUT2D eigenvalue weighted by molar-refractivity contribution is -0.146. The number of halogens is 2. The molecule has 134 valence electrons. The monoisotopic (exact) mass is 408 g/mol. The van der Waals surface area contributed by atoms with E-state index in [0.717, 1.165) is 12.0 Å². The highest BCUT2D eigenvalue weighted by Crippen LogP contribution is 2.48. The molecule has 1 saturated carbocycles. The summed E-state index contributed by atoms with van der Waals surface area (Å²) < 4.78 is 0. The first kappa shape index (κ1) is 17.5. The van der Waals surface area contributed by atoms with Crippen LogP contribution >= 0.6 is 34.5 Å². The van der Waals surface area contributed by atoms with Crippen LogP contribution in [0.15, 0.2) is 35.7 Å². The van der Waals surface area contributed by atoms with Gasteiger partial charge in [-0.2, -0.15) is 0 Å². The third kappa shape index (κ3) is 3.02. The predicted octanol–water partition coefficient (Wildman–Crippen LogP) is 4.58. The minimum absolute atomic E-state index is 0.0180. The number of aliphatic carboxylic acids is 1. The van der Waals surface area contributed by atoms with E-state index in [0.29, 0.717) is 20.9 Å². The summed E-state index contributed by atoms with van der Waals surface area (Å²) in [7, 11) is 0. The van der Waals surface area contributed by atoms with Crippen LogP contribution in [0, 0.1) is 23.7 Å². The van der Waals surface area contributed by atoms with Crippen molar-refractivity contribution in [1.29, 1.82) is 0 Å². The third-order valence-corrected chi connectivity index (χ3v) is 6.49. The van der Waals surface area contributed by atoms with Gasteiger partial charge >= 0.3 is 5.97 Å². The number of amides is 1. The van der Waals surface area contributed by atoms with Crippen molar-refractivity contribution < 1.29 is 14.7 Å². The fraction of sp³-hybridized carbons (Fsp3) is 0.278. The molecule has 4 atom stereocenters. The molecule has 0 radical (unpaired) electrons. The number of carbonyl (C=O) groups excluding carboxylic acids is 1. The van der Waals surface area contributed by atoms with E-state index < -0.39 is 17.8 Å². The standard InChI is InChI=1S/C18H14Cl2N2O3S/c19-11-4-3-8(6-12(11)20)13-7-26-18(21-13)22-16(23)14-9-1-2-10(5-9)15(14)17(24)25/h1-4,6-7,9-10,14-15H,5H2,(H,24,25)(H,21,22,23)/t9-,10-,14+,15+/m0/s1. The molecule has 5 nitrogen and oxygen atoms in total. The average molecular weight is 409 g/mol. The number of hydrogen-bond donors (Lipinski definition) is 2. The molecule has 1 aromatic carbocycles. The smallest absolute Gasteiger partial charge is 0.307 e. The molecule has 0 saturated heterocycles. The van der Waals surface area contributed by atoms with Crippen LogP contribution in [0.3, 0.4) is 0 Å². The lowest BCUT2D eigenvalue weighted by Gasteiger charge is -2.23. The highest BCUT2D eigenvalue weighted by Gasteiger charge is 2.51. The van der Waals surface area contributed by atoms with E-state index in [4.69, 9.17) is 23.2 Å². The lowest BCUT2D eigenvalue weighted by atomic mass is 9.82. The number of thiazole rings is 1. The maximum atomic E-state index is 12.7. The van der Waals surface area contributed by atoms with Crippen molar-refractivity contribution in [3.8, 4) is 11.3 Å². The molecule has 1 amide bonds. The summed E-state index contributed by atoms with van der Waals surface area (Å²) in [5.74, 6) is -2.51. The Bertz CT molecular complexity index is 927. The predicted molar refractivity (Wildman–Crippen MR) is 102 cm³/mol. The highest BCUT2D eigenvalue weighted by atomic mass is 35.5. The largest absolute Gasteiger partial charge is 0.481 e. The number of carboxylic acid groups (broad SMARTS) is 1. The molecule has 2 N–H and O–H groups in total. The second-order valence-electron chi connectivity index (χ2n) is 6.49. The normalized spacial score (nSPS) is 26.2. The summed E-state index contributed by atoms with van der Waals surface area (Å²) in [6.45, 7) is 0. The molecule has 0 spiro atoms. The average Bonchev–Trinajstić information content (AvgIpc) is 3.32. The van der Waals surface area contributed by atoms with Gasteiger partial charge in [0.15, 0.2) is 5.13 Å². The van der Waals surface area contributed by atoms with Crippen molar-refractivity contribution >= 4 is 51.5 Å². The zero-order valence-corrected chi connectivity index (χ0v) is 15.7. The van der Waals surface area contributed by atoms with E-state index in [1.807, 2.05) is 17.5 Å². The van der Waals surface area contributed by atoms with Gasteiger partial charge in [0, 0.05) is 10.9 Å². The number of hydrogen-bond acceptors (Lipinski definition) is 4. The van der Waals surface area contributed by atoms with Crippen LogP contribution in [0.25, 0.3) is 11.3 Å². The summed E-state index contributed by atoms with van der Waals surface area (Å²) in [4.78, 5) is 28.7. The van der Waals surface area contributed by atoms with Crippen molar-refractivity contribution in [3.05, 3.63) is 45.8 Å². The number of aromatic nitrogens is 1. The third-order valence-electron chi connectivity index (χ3n) is 5.00. The summed E-state index contributed by atoms with van der Waals surface area (Å²) in [5.41, 5.74) is 1.47. The van der Waals surface area contributed by atoms with Gasteiger partial charge in [0.05, 0.1) is 27.6 Å². The fourth-order valence-electron chi connectivity index (χ4n) is 3.82. The molecule has 2 aliphatic carbocycles. The Kier molecular flexibility index (Phi) is 4.50. The van der Waals surface area contributed by atoms with Crippen LogP contribution in [0.4, 0.5) is 5.13 Å². The van der Waals surface area contributed by atoms with Gasteiger partial charge in [-0.3, -0.25) is 9.59 Å². The molecular formula is C18H14Cl2N2O3S. The first-order valence-electron chi connectivity index (χ1n) is 8.07. The highest BCUT2D eigenvalue weighted by molar-refractivity contribution is 7.14. The van der Waals surface area contributed by atoms with E-state index in [1.165, 1.54) is 11.3 Å². The molecule has 0 aliphatic heterocycles. The second-order valence-corrected chi connectivity index (χ2v) is 8.17. The summed E-state index contributed by atoms with van der Waals surface area (Å²) in [6.07, 6.45) is 4.60. The van der Waals surface area contributed by atoms with Gasteiger partial charge in [-0.15, -0.1) is 11.3 Å². The van der Waals surface area contributed by atoms with Gasteiger partial charge in [-0.1, -0.05) is 41.4 Å². The Morgan fingerprint density at radius 2 is 1.88 bits per heavy atom. The number of benzene rings is 1. The van der Waals surface area contributed by atoms with E-state index in [9.17, 15) is 14.7 Å². The topological polar surface area (TPSA) is 79.3 Å². The summed E-state index contributed by atoms with van der Waals surface area (Å²) >= 11 is 13.2. The van der Waals surface area contributed by atoms with Gasteiger partial charge in [-0.05, 0) is 30.4 Å². The molecule has 1 aromatic heterocycles. The van der Waals surface area contributed by atoms with Crippen molar-refractivity contribution in [1.82, 2.24) is 4.98 Å². The summed E-state index contributed by atoms with van der Waals surface area (Å²) in [5, 5.41) is 15.4. The number of carbonyl (C=O) groups is 2. The van der Waals surface area contributed by atoms with Gasteiger partial charge < -0.3 is 10.4 Å². The van der Waals surface area contributed by atoms with E-state index in [1.54, 1.807) is 18.2 Å². The van der Waals surface area contributed by atoms with Crippen molar-refractivity contribution in [2.75, 3.05) is 5.32 Å². The van der Waals surface area contributed by atoms with Crippen LogP contribution in [-0.4, -0.2) is 22.0 Å². The zero-order valence-electron chi connectivity index (χ0n) is 13.4. The van der Waals surface area contributed by atoms with Crippen LogP contribution < -0.4 is 5.32 Å². The number of fused-ring (bicyclic) bond motifs is 2. The van der Waals surface area contributed by atoms with Crippen LogP contribution in [0.1, 0.15) is 6.42 Å². The molecule has 2 bridgehead atoms. The molecule has 1 heterocycles. The first-order valence-corrected chi connectivity index (χ1v) is 9.70. The molecule has 2 aromatic rings. The molecule has 1 fully saturated rings. The molecule has 4 rings (SSSR count). The number of anilines is 1. The lowest BCUT2D eigenvalue weighted by Crippen LogP contribution is -2.36. The zero-order chi connectivity index (χ0) is 18.4. The van der Waals surface area contributed by atoms with Gasteiger partial charge in [0.25, 0.3) is 0 Å². The molecule has 2 aliphatic rings.